The second kappa shape index (κ2) is 38.1. The molecule has 615 valence electrons. The van der Waals surface area contributed by atoms with Gasteiger partial charge in [0.05, 0.1) is 85.5 Å². The zero-order chi connectivity index (χ0) is 80.6. The Morgan fingerprint density at radius 1 is 0.420 bits per heavy atom. The standard InChI is InChI=1S/C28H28N2O4.C27H26N2O4.C24H20N2O4.C13H12NO3.3CH4.FH.Y/c1-16-22(26(27(31)32-5)34-28(2,3)4)24(18-8-6-7-9-20(18)30-16)19-10-11-21-23-17(13-15-33-21)12-14-29-25(19)23;1-15-21(25(26(30)31)33-27(2,3)4)23(17-7-5-6-8-19(17)29-15)18-9-10-20-22-16(12-14-32-20)11-13-28-24(18)22;1-13-19(23(27)24(28)29-2)21(15-5-3-4-6-17(15)26-13)16-7-8-18-20-14(10-12-30-18)9-11-25-22(16)20;1-8-10(12(15)13(16)17-2)7-9-5-3-4-6-11(9)14-8;;;;;/h6-12,14,26H,13,15H2,1-5H3;5-11,13,25H,12,14H2,1-4H3,(H,30,31);3-9,11,23,27H,10,12H2,1-2H3;3-6,12,15H,1-2H3;3*1H4;1H;/q;;;-1;;;;;/t26-;25-;23-;12-;;;;;/m0000...../s1. The van der Waals surface area contributed by atoms with Crippen molar-refractivity contribution < 1.29 is 110 Å². The number of aliphatic carboxylic acids is 1. The van der Waals surface area contributed by atoms with Crippen molar-refractivity contribution in [1.82, 2.24) is 34.9 Å². The number of methoxy groups -OCH3 is 3. The van der Waals surface area contributed by atoms with Crippen LogP contribution in [0.15, 0.2) is 170 Å². The van der Waals surface area contributed by atoms with E-state index in [-0.39, 0.29) is 59.7 Å². The fourth-order valence-electron chi connectivity index (χ4n) is 15.4. The largest absolute Gasteiger partial charge is 0.493 e. The van der Waals surface area contributed by atoms with Gasteiger partial charge in [-0.05, 0) is 163 Å². The Bertz CT molecular complexity index is 6140. The minimum Gasteiger partial charge on any atom is -0.493 e. The molecule has 3 aliphatic heterocycles. The number of halogens is 1. The predicted molar refractivity (Wildman–Crippen MR) is 458 cm³/mol. The summed E-state index contributed by atoms with van der Waals surface area (Å²) in [6.07, 6.45) is 2.98. The zero-order valence-electron chi connectivity index (χ0n) is 66.6. The zero-order valence-corrected chi connectivity index (χ0v) is 69.4. The van der Waals surface area contributed by atoms with Gasteiger partial charge in [0.2, 0.25) is 0 Å². The Kier molecular flexibility index (Phi) is 29.3. The number of aryl methyl sites for hydroxylation is 4. The summed E-state index contributed by atoms with van der Waals surface area (Å²) in [4.78, 5) is 81.8. The molecule has 119 heavy (non-hydrogen) atoms. The number of hydrogen-bond donors (Lipinski definition) is 3. The van der Waals surface area contributed by atoms with Crippen LogP contribution in [0.4, 0.5) is 4.70 Å². The first kappa shape index (κ1) is 91.5. The van der Waals surface area contributed by atoms with E-state index in [1.807, 2.05) is 213 Å². The molecular formula is C95H99FN7O15Y-. The minimum atomic E-state index is -1.45. The minimum absolute atomic E-state index is 0. The molecule has 17 rings (SSSR count). The van der Waals surface area contributed by atoms with Crippen molar-refractivity contribution in [3.05, 3.63) is 238 Å². The Hall–Kier alpha value is -11.4. The fraction of sp³-hybridized carbons (Fsp3) is 0.295. The Balaban J connectivity index is 0.000000182. The van der Waals surface area contributed by atoms with Crippen LogP contribution in [0.2, 0.25) is 0 Å². The molecule has 0 aliphatic carbocycles. The predicted octanol–water partition coefficient (Wildman–Crippen LogP) is 18.9. The second-order valence-corrected chi connectivity index (χ2v) is 29.9. The number of benzene rings is 7. The molecule has 1 radical (unpaired) electrons. The number of carboxylic acids is 1. The van der Waals surface area contributed by atoms with Crippen molar-refractivity contribution in [3.8, 4) is 50.6 Å². The SMILES string of the molecule is C.C.C.COC(=O)[C@@H](O)c1[c-]c2ccccc2nc1C.COC(=O)[C@@H](O)c1c(C)nc2ccccc2c1-c1ccc2c3c(ccnc13)CCO2.COC(=O)[C@@H](OC(C)(C)C)c1c(C)nc2ccccc2c1-c1ccc2c3c(ccnc13)CCO2.Cc1nc2ccccc2c(-c2ccc3c4c(ccnc24)CCO3)c1[C@H](OC(C)(C)C)C(=O)O.F.[Y]. The monoisotopic (exact) mass is 1690 g/mol. The van der Waals surface area contributed by atoms with Crippen molar-refractivity contribution in [2.24, 2.45) is 0 Å². The molecule has 0 saturated carbocycles. The summed E-state index contributed by atoms with van der Waals surface area (Å²) in [6.45, 7) is 20.5. The van der Waals surface area contributed by atoms with Crippen molar-refractivity contribution in [1.29, 1.82) is 0 Å². The molecule has 3 N–H and O–H groups in total. The van der Waals surface area contributed by atoms with E-state index in [9.17, 15) is 34.5 Å². The van der Waals surface area contributed by atoms with Gasteiger partial charge in [0, 0.05) is 170 Å². The quantitative estimate of drug-likeness (QED) is 0.0549. The Labute approximate surface area is 716 Å². The van der Waals surface area contributed by atoms with E-state index in [0.29, 0.717) is 64.9 Å². The van der Waals surface area contributed by atoms with Gasteiger partial charge in [-0.25, -0.2) is 19.2 Å². The normalized spacial score (nSPS) is 13.3. The van der Waals surface area contributed by atoms with Gasteiger partial charge in [-0.1, -0.05) is 101 Å². The number of carbonyl (C=O) groups excluding carboxylic acids is 3. The van der Waals surface area contributed by atoms with E-state index in [1.165, 1.54) is 38.0 Å². The first-order valence-corrected chi connectivity index (χ1v) is 37.5. The number of carboxylic acid groups (broad SMARTS) is 1. The van der Waals surface area contributed by atoms with Crippen molar-refractivity contribution >= 4 is 100 Å². The smallest absolute Gasteiger partial charge is 0.339 e. The number of nitrogens with zero attached hydrogens (tertiary/aromatic N) is 7. The number of aliphatic hydroxyl groups excluding tert-OH is 2. The van der Waals surface area contributed by atoms with Gasteiger partial charge in [0.1, 0.15) is 17.2 Å². The molecule has 0 bridgehead atoms. The molecule has 4 atom stereocenters. The van der Waals surface area contributed by atoms with Crippen LogP contribution in [0.1, 0.15) is 150 Å². The van der Waals surface area contributed by atoms with E-state index in [0.717, 1.165) is 146 Å². The molecule has 0 spiro atoms. The number of aliphatic hydroxyl groups is 2. The van der Waals surface area contributed by atoms with Gasteiger partial charge in [-0.15, -0.1) is 23.6 Å². The van der Waals surface area contributed by atoms with E-state index in [4.69, 9.17) is 53.1 Å². The summed E-state index contributed by atoms with van der Waals surface area (Å²) in [7, 11) is 3.87. The second-order valence-electron chi connectivity index (χ2n) is 29.9. The average Bonchev–Trinajstić information content (AvgIpc) is 0.743. The van der Waals surface area contributed by atoms with Crippen molar-refractivity contribution in [2.75, 3.05) is 41.2 Å². The maximum Gasteiger partial charge on any atom is 0.339 e. The van der Waals surface area contributed by atoms with Crippen LogP contribution in [0, 0.1) is 33.8 Å². The molecule has 7 aromatic carbocycles. The number of para-hydroxylation sites is 4. The van der Waals surface area contributed by atoms with Gasteiger partial charge in [0.25, 0.3) is 0 Å². The fourth-order valence-corrected chi connectivity index (χ4v) is 15.4. The molecule has 14 aromatic rings. The number of aromatic nitrogens is 7. The first-order valence-electron chi connectivity index (χ1n) is 37.5. The number of esters is 3. The Morgan fingerprint density at radius 2 is 0.748 bits per heavy atom. The third-order valence-electron chi connectivity index (χ3n) is 20.2. The van der Waals surface area contributed by atoms with Crippen LogP contribution in [-0.4, -0.2) is 126 Å². The van der Waals surface area contributed by atoms with E-state index >= 15 is 0 Å². The molecule has 22 nitrogen and oxygen atoms in total. The number of ether oxygens (including phenoxy) is 8. The summed E-state index contributed by atoms with van der Waals surface area (Å²) in [6, 6.07) is 51.7. The summed E-state index contributed by atoms with van der Waals surface area (Å²) in [5, 5.41) is 37.2. The molecule has 0 unspecified atom stereocenters. The number of rotatable bonds is 13. The van der Waals surface area contributed by atoms with Crippen LogP contribution >= 0.6 is 0 Å². The summed E-state index contributed by atoms with van der Waals surface area (Å²) in [5.41, 5.74) is 17.4. The average molecular weight is 1690 g/mol. The molecule has 10 heterocycles. The van der Waals surface area contributed by atoms with Crippen LogP contribution in [-0.2, 0) is 94.8 Å². The van der Waals surface area contributed by atoms with Crippen LogP contribution in [0.3, 0.4) is 0 Å². The summed E-state index contributed by atoms with van der Waals surface area (Å²) in [5.74, 6) is -0.508. The number of pyridine rings is 7. The van der Waals surface area contributed by atoms with Crippen LogP contribution < -0.4 is 14.2 Å². The summed E-state index contributed by atoms with van der Waals surface area (Å²) >= 11 is 0. The van der Waals surface area contributed by atoms with Crippen molar-refractivity contribution in [2.45, 2.75) is 146 Å². The molecule has 0 saturated heterocycles. The molecule has 24 heteroatoms. The van der Waals surface area contributed by atoms with E-state index < -0.39 is 59.5 Å². The van der Waals surface area contributed by atoms with Gasteiger partial charge in [0.15, 0.2) is 24.4 Å². The van der Waals surface area contributed by atoms with Crippen LogP contribution in [0.5, 0.6) is 17.2 Å². The number of carbonyl (C=O) groups is 4. The third kappa shape index (κ3) is 18.4. The third-order valence-corrected chi connectivity index (χ3v) is 20.2. The topological polar surface area (TPSA) is 293 Å². The molecule has 0 amide bonds. The summed E-state index contributed by atoms with van der Waals surface area (Å²) < 4.78 is 44.6. The maximum absolute atomic E-state index is 13.1. The van der Waals surface area contributed by atoms with E-state index in [1.54, 1.807) is 20.0 Å². The van der Waals surface area contributed by atoms with Gasteiger partial charge >= 0.3 is 23.9 Å². The molecular weight excluding hydrogens is 1590 g/mol. The number of hydrogen-bond acceptors (Lipinski definition) is 21. The number of fused-ring (bicyclic) bond motifs is 4. The Morgan fingerprint density at radius 3 is 1.13 bits per heavy atom. The van der Waals surface area contributed by atoms with Crippen molar-refractivity contribution in [3.63, 3.8) is 0 Å². The van der Waals surface area contributed by atoms with Crippen LogP contribution in [0.25, 0.3) is 110 Å². The van der Waals surface area contributed by atoms with Gasteiger partial charge < -0.3 is 58.2 Å². The molecule has 7 aromatic heterocycles. The molecule has 0 fully saturated rings. The van der Waals surface area contributed by atoms with Gasteiger partial charge in [-0.2, -0.15) is 0 Å². The first-order chi connectivity index (χ1) is 54.8. The van der Waals surface area contributed by atoms with Gasteiger partial charge in [-0.3, -0.25) is 34.6 Å². The maximum atomic E-state index is 13.1. The molecule has 3 aliphatic rings. The van der Waals surface area contributed by atoms with E-state index in [2.05, 4.69) is 31.8 Å².